The Bertz CT molecular complexity index is 414. The van der Waals surface area contributed by atoms with Gasteiger partial charge >= 0.3 is 10.2 Å². The number of benzene rings is 1. The molecule has 1 rings (SSSR count). The summed E-state index contributed by atoms with van der Waals surface area (Å²) in [6, 6.07) is 2.19. The van der Waals surface area contributed by atoms with Gasteiger partial charge in [-0.25, -0.2) is 0 Å². The number of aromatic hydroxyl groups is 1. The fraction of sp³-hybridized carbons (Fsp3) is 0.250. The third-order valence-corrected chi connectivity index (χ3v) is 2.54. The third kappa shape index (κ3) is 1.98. The number of aryl methyl sites for hydroxylation is 2. The highest BCUT2D eigenvalue weighted by molar-refractivity contribution is 7.86. The van der Waals surface area contributed by atoms with Crippen LogP contribution in [0.3, 0.4) is 0 Å². The van der Waals surface area contributed by atoms with E-state index < -0.39 is 15.1 Å². The Kier molecular flexibility index (Phi) is 2.30. The molecule has 0 aromatic heterocycles. The van der Waals surface area contributed by atoms with E-state index >= 15 is 0 Å². The molecule has 0 aliphatic heterocycles. The maximum Gasteiger partial charge on any atom is 0.332 e. The maximum atomic E-state index is 12.5. The van der Waals surface area contributed by atoms with Gasteiger partial charge in [0.25, 0.3) is 0 Å². The summed E-state index contributed by atoms with van der Waals surface area (Å²) in [5.41, 5.74) is 0.687. The van der Waals surface area contributed by atoms with Gasteiger partial charge in [0.1, 0.15) is 5.75 Å². The molecule has 0 bridgehead atoms. The number of rotatable bonds is 1. The van der Waals surface area contributed by atoms with Crippen LogP contribution in [0.1, 0.15) is 11.1 Å². The fourth-order valence-corrected chi connectivity index (χ4v) is 1.69. The van der Waals surface area contributed by atoms with Gasteiger partial charge in [0.05, 0.1) is 4.90 Å². The summed E-state index contributed by atoms with van der Waals surface area (Å²) in [6.45, 7) is 3.02. The van der Waals surface area contributed by atoms with E-state index in [2.05, 4.69) is 0 Å². The van der Waals surface area contributed by atoms with E-state index in [-0.39, 0.29) is 5.75 Å². The van der Waals surface area contributed by atoms with Crippen LogP contribution in [0, 0.1) is 13.8 Å². The van der Waals surface area contributed by atoms with E-state index in [1.807, 2.05) is 0 Å². The first kappa shape index (κ1) is 9.98. The first-order valence-electron chi connectivity index (χ1n) is 3.57. The summed E-state index contributed by atoms with van der Waals surface area (Å²) in [6.07, 6.45) is 0. The van der Waals surface area contributed by atoms with Gasteiger partial charge in [0, 0.05) is 0 Å². The topological polar surface area (TPSA) is 54.4 Å². The van der Waals surface area contributed by atoms with Gasteiger partial charge in [-0.1, -0.05) is 0 Å². The van der Waals surface area contributed by atoms with Gasteiger partial charge in [-0.2, -0.15) is 8.42 Å². The van der Waals surface area contributed by atoms with E-state index in [1.165, 1.54) is 13.8 Å². The molecular weight excluding hydrogens is 195 g/mol. The Hall–Kier alpha value is -1.10. The lowest BCUT2D eigenvalue weighted by Crippen LogP contribution is -1.94. The number of halogens is 1. The quantitative estimate of drug-likeness (QED) is 0.708. The molecule has 0 amide bonds. The molecule has 0 atom stereocenters. The first-order chi connectivity index (χ1) is 5.82. The maximum absolute atomic E-state index is 12.5. The number of hydrogen-bond acceptors (Lipinski definition) is 3. The molecule has 0 radical (unpaired) electrons. The van der Waals surface area contributed by atoms with Crippen molar-refractivity contribution in [3.63, 3.8) is 0 Å². The van der Waals surface area contributed by atoms with Crippen LogP contribution >= 0.6 is 0 Å². The van der Waals surface area contributed by atoms with E-state index in [9.17, 15) is 17.4 Å². The Balaban J connectivity index is 3.47. The van der Waals surface area contributed by atoms with Crippen molar-refractivity contribution in [1.29, 1.82) is 0 Å². The summed E-state index contributed by atoms with van der Waals surface area (Å²) < 4.78 is 33.5. The summed E-state index contributed by atoms with van der Waals surface area (Å²) >= 11 is 0. The molecule has 13 heavy (non-hydrogen) atoms. The lowest BCUT2D eigenvalue weighted by molar-refractivity contribution is 0.466. The van der Waals surface area contributed by atoms with Crippen LogP contribution in [-0.4, -0.2) is 13.5 Å². The fourth-order valence-electron chi connectivity index (χ4n) is 1.06. The minimum Gasteiger partial charge on any atom is -0.507 e. The second kappa shape index (κ2) is 2.99. The van der Waals surface area contributed by atoms with Crippen molar-refractivity contribution in [1.82, 2.24) is 0 Å². The monoisotopic (exact) mass is 204 g/mol. The molecule has 0 spiro atoms. The van der Waals surface area contributed by atoms with Crippen molar-refractivity contribution in [3.8, 4) is 5.75 Å². The van der Waals surface area contributed by atoms with Gasteiger partial charge < -0.3 is 5.11 Å². The molecular formula is C8H9FO3S. The Morgan fingerprint density at radius 2 is 1.62 bits per heavy atom. The third-order valence-electron chi connectivity index (χ3n) is 1.75. The zero-order chi connectivity index (χ0) is 10.2. The zero-order valence-electron chi connectivity index (χ0n) is 7.20. The minimum absolute atomic E-state index is 0.00704. The van der Waals surface area contributed by atoms with Crippen molar-refractivity contribution in [3.05, 3.63) is 23.3 Å². The lowest BCUT2D eigenvalue weighted by Gasteiger charge is -2.04. The Morgan fingerprint density at radius 3 is 1.92 bits per heavy atom. The highest BCUT2D eigenvalue weighted by atomic mass is 32.3. The molecule has 1 aromatic rings. The highest BCUT2D eigenvalue weighted by Crippen LogP contribution is 2.25. The number of hydrogen-bond donors (Lipinski definition) is 1. The minimum atomic E-state index is -4.68. The van der Waals surface area contributed by atoms with E-state index in [0.717, 1.165) is 12.1 Å². The van der Waals surface area contributed by atoms with Gasteiger partial charge in [0.2, 0.25) is 0 Å². The average molecular weight is 204 g/mol. The summed E-state index contributed by atoms with van der Waals surface area (Å²) in [4.78, 5) is -0.416. The Labute approximate surface area is 76.0 Å². The first-order valence-corrected chi connectivity index (χ1v) is 4.95. The molecule has 0 fully saturated rings. The van der Waals surface area contributed by atoms with Crippen LogP contribution in [0.5, 0.6) is 5.75 Å². The van der Waals surface area contributed by atoms with Crippen LogP contribution in [-0.2, 0) is 10.2 Å². The smallest absolute Gasteiger partial charge is 0.332 e. The zero-order valence-corrected chi connectivity index (χ0v) is 8.02. The highest BCUT2D eigenvalue weighted by Gasteiger charge is 2.14. The summed E-state index contributed by atoms with van der Waals surface area (Å²) in [5, 5.41) is 9.28. The molecule has 0 aliphatic carbocycles. The van der Waals surface area contributed by atoms with Gasteiger partial charge in [0.15, 0.2) is 0 Å². The molecule has 3 nitrogen and oxygen atoms in total. The molecule has 0 aliphatic rings. The molecule has 72 valence electrons. The van der Waals surface area contributed by atoms with Crippen LogP contribution in [0.25, 0.3) is 0 Å². The number of phenolic OH excluding ortho intramolecular Hbond substituents is 1. The second-order valence-corrected chi connectivity index (χ2v) is 4.19. The lowest BCUT2D eigenvalue weighted by atomic mass is 10.1. The van der Waals surface area contributed by atoms with E-state index in [0.29, 0.717) is 11.1 Å². The summed E-state index contributed by atoms with van der Waals surface area (Å²) in [7, 11) is -4.68. The predicted octanol–water partition coefficient (Wildman–Crippen LogP) is 1.67. The van der Waals surface area contributed by atoms with Crippen LogP contribution in [0.15, 0.2) is 17.0 Å². The average Bonchev–Trinajstić information content (AvgIpc) is 1.97. The summed E-state index contributed by atoms with van der Waals surface area (Å²) in [5.74, 6) is -0.00704. The van der Waals surface area contributed by atoms with Crippen molar-refractivity contribution < 1.29 is 17.4 Å². The van der Waals surface area contributed by atoms with Crippen molar-refractivity contribution in [2.24, 2.45) is 0 Å². The molecule has 0 heterocycles. The van der Waals surface area contributed by atoms with E-state index in [1.54, 1.807) is 0 Å². The molecule has 0 unspecified atom stereocenters. The largest absolute Gasteiger partial charge is 0.507 e. The van der Waals surface area contributed by atoms with Crippen LogP contribution in [0.2, 0.25) is 0 Å². The van der Waals surface area contributed by atoms with Crippen LogP contribution in [0.4, 0.5) is 3.89 Å². The molecule has 5 heteroatoms. The SMILES string of the molecule is Cc1cc(S(=O)(=O)F)cc(C)c1O. The van der Waals surface area contributed by atoms with Crippen LogP contribution < -0.4 is 0 Å². The molecule has 0 saturated carbocycles. The normalized spacial score (nSPS) is 11.6. The standard InChI is InChI=1S/C8H9FO3S/c1-5-3-7(13(9,11)12)4-6(2)8(5)10/h3-4,10H,1-2H3. The van der Waals surface area contributed by atoms with Crippen molar-refractivity contribution in [2.45, 2.75) is 18.7 Å². The predicted molar refractivity (Wildman–Crippen MR) is 45.9 cm³/mol. The van der Waals surface area contributed by atoms with Gasteiger partial charge in [-0.15, -0.1) is 3.89 Å². The Morgan fingerprint density at radius 1 is 1.23 bits per heavy atom. The molecule has 1 aromatic carbocycles. The van der Waals surface area contributed by atoms with Crippen molar-refractivity contribution in [2.75, 3.05) is 0 Å². The van der Waals surface area contributed by atoms with Gasteiger partial charge in [-0.3, -0.25) is 0 Å². The second-order valence-electron chi connectivity index (χ2n) is 2.84. The molecule has 0 saturated heterocycles. The van der Waals surface area contributed by atoms with Crippen molar-refractivity contribution >= 4 is 10.2 Å². The number of phenols is 1. The molecule has 1 N–H and O–H groups in total. The van der Waals surface area contributed by atoms with E-state index in [4.69, 9.17) is 0 Å². The van der Waals surface area contributed by atoms with Gasteiger partial charge in [-0.05, 0) is 37.1 Å².